The summed E-state index contributed by atoms with van der Waals surface area (Å²) in [5.41, 5.74) is 2.27. The highest BCUT2D eigenvalue weighted by Crippen LogP contribution is 2.26. The van der Waals surface area contributed by atoms with Crippen molar-refractivity contribution in [3.8, 4) is 11.8 Å². The number of hydrogen-bond donors (Lipinski definition) is 0. The summed E-state index contributed by atoms with van der Waals surface area (Å²) in [6.45, 7) is 0.0916. The number of ether oxygens (including phenoxy) is 1. The summed E-state index contributed by atoms with van der Waals surface area (Å²) >= 11 is 0. The molecule has 0 N–H and O–H groups in total. The van der Waals surface area contributed by atoms with Gasteiger partial charge in [-0.15, -0.1) is 0 Å². The van der Waals surface area contributed by atoms with Crippen molar-refractivity contribution in [1.82, 2.24) is 4.90 Å². The van der Waals surface area contributed by atoms with Crippen LogP contribution in [0.15, 0.2) is 96.6 Å². The summed E-state index contributed by atoms with van der Waals surface area (Å²) in [6.07, 6.45) is 0.234. The molecule has 3 aromatic rings. The summed E-state index contributed by atoms with van der Waals surface area (Å²) in [4.78, 5) is 39.7. The zero-order valence-electron chi connectivity index (χ0n) is 17.1. The topological polar surface area (TPSA) is 63.7 Å². The molecule has 1 saturated heterocycles. The first-order valence-corrected chi connectivity index (χ1v) is 10.1. The number of amides is 2. The van der Waals surface area contributed by atoms with Gasteiger partial charge in [0, 0.05) is 11.5 Å². The Morgan fingerprint density at radius 2 is 1.47 bits per heavy atom. The van der Waals surface area contributed by atoms with E-state index in [9.17, 15) is 14.4 Å². The quantitative estimate of drug-likeness (QED) is 0.280. The first-order chi connectivity index (χ1) is 15.6. The van der Waals surface area contributed by atoms with Crippen molar-refractivity contribution in [1.29, 1.82) is 0 Å². The molecule has 1 fully saturated rings. The molecule has 5 nitrogen and oxygen atoms in total. The van der Waals surface area contributed by atoms with Gasteiger partial charge in [0.1, 0.15) is 0 Å². The minimum absolute atomic E-state index is 0.0916. The highest BCUT2D eigenvalue weighted by atomic mass is 16.5. The number of nitrogens with zero attached hydrogens (tertiary/aromatic N) is 1. The normalized spacial score (nSPS) is 16.6. The van der Waals surface area contributed by atoms with E-state index in [-0.39, 0.29) is 12.1 Å². The van der Waals surface area contributed by atoms with E-state index in [0.29, 0.717) is 5.56 Å². The van der Waals surface area contributed by atoms with Crippen LogP contribution in [-0.2, 0) is 25.7 Å². The third-order valence-electron chi connectivity index (χ3n) is 4.88. The van der Waals surface area contributed by atoms with Crippen molar-refractivity contribution in [2.45, 2.75) is 12.6 Å². The predicted molar refractivity (Wildman–Crippen MR) is 120 cm³/mol. The van der Waals surface area contributed by atoms with Crippen LogP contribution >= 0.6 is 0 Å². The number of rotatable bonds is 4. The molecule has 32 heavy (non-hydrogen) atoms. The average Bonchev–Trinajstić information content (AvgIpc) is 3.04. The Hall–Kier alpha value is -4.43. The van der Waals surface area contributed by atoms with E-state index in [1.807, 2.05) is 54.6 Å². The lowest BCUT2D eigenvalue weighted by atomic mass is 10.1. The molecule has 0 aliphatic carbocycles. The molecule has 1 aliphatic rings. The van der Waals surface area contributed by atoms with Gasteiger partial charge in [-0.1, -0.05) is 84.8 Å². The molecule has 2 amide bonds. The number of likely N-dealkylation sites (tertiary alicyclic amines) is 1. The molecular formula is C27H19NO4. The van der Waals surface area contributed by atoms with Crippen molar-refractivity contribution in [3.63, 3.8) is 0 Å². The third kappa shape index (κ3) is 4.82. The van der Waals surface area contributed by atoms with Crippen LogP contribution in [0.1, 0.15) is 16.7 Å². The van der Waals surface area contributed by atoms with Gasteiger partial charge in [0.05, 0.1) is 12.1 Å². The number of carbonyl (C=O) groups is 3. The number of carbonyl (C=O) groups excluding carboxylic acids is 3. The molecular weight excluding hydrogens is 402 g/mol. The average molecular weight is 421 g/mol. The maximum absolute atomic E-state index is 13.1. The van der Waals surface area contributed by atoms with E-state index in [1.165, 1.54) is 0 Å². The molecule has 0 saturated carbocycles. The zero-order valence-corrected chi connectivity index (χ0v) is 17.1. The van der Waals surface area contributed by atoms with Crippen LogP contribution in [0.25, 0.3) is 6.08 Å². The number of imide groups is 1. The van der Waals surface area contributed by atoms with Crippen LogP contribution in [0.2, 0.25) is 0 Å². The SMILES string of the molecule is O=C(C#Cc1ccccc1)OC1C(=O)N(Cc2ccccc2)C(=O)/C1=C/c1ccccc1. The fourth-order valence-electron chi connectivity index (χ4n) is 3.32. The van der Waals surface area contributed by atoms with Crippen molar-refractivity contribution in [2.24, 2.45) is 0 Å². The summed E-state index contributed by atoms with van der Waals surface area (Å²) in [6, 6.07) is 27.2. The van der Waals surface area contributed by atoms with Gasteiger partial charge in [0.15, 0.2) is 0 Å². The summed E-state index contributed by atoms with van der Waals surface area (Å²) in [5.74, 6) is 3.14. The monoisotopic (exact) mass is 421 g/mol. The molecule has 0 spiro atoms. The highest BCUT2D eigenvalue weighted by Gasteiger charge is 2.45. The Bertz CT molecular complexity index is 1220. The van der Waals surface area contributed by atoms with E-state index in [4.69, 9.17) is 4.74 Å². The minimum Gasteiger partial charge on any atom is -0.437 e. The van der Waals surface area contributed by atoms with E-state index in [0.717, 1.165) is 16.0 Å². The second-order valence-electron chi connectivity index (χ2n) is 7.13. The van der Waals surface area contributed by atoms with Gasteiger partial charge in [0.25, 0.3) is 11.8 Å². The second-order valence-corrected chi connectivity index (χ2v) is 7.13. The number of benzene rings is 3. The Morgan fingerprint density at radius 1 is 0.875 bits per heavy atom. The van der Waals surface area contributed by atoms with Gasteiger partial charge < -0.3 is 4.74 Å². The maximum Gasteiger partial charge on any atom is 0.385 e. The predicted octanol–water partition coefficient (Wildman–Crippen LogP) is 3.60. The fraction of sp³-hybridized carbons (Fsp3) is 0.0741. The molecule has 0 radical (unpaired) electrons. The van der Waals surface area contributed by atoms with E-state index in [2.05, 4.69) is 11.8 Å². The van der Waals surface area contributed by atoms with Crippen LogP contribution in [0, 0.1) is 11.8 Å². The molecule has 4 rings (SSSR count). The van der Waals surface area contributed by atoms with Gasteiger partial charge >= 0.3 is 5.97 Å². The zero-order chi connectivity index (χ0) is 22.3. The Labute approximate surface area is 185 Å². The molecule has 156 valence electrons. The number of esters is 1. The molecule has 5 heteroatoms. The smallest absolute Gasteiger partial charge is 0.385 e. The molecule has 0 aromatic heterocycles. The summed E-state index contributed by atoms with van der Waals surface area (Å²) < 4.78 is 5.38. The molecule has 1 unspecified atom stereocenters. The molecule has 1 atom stereocenters. The lowest BCUT2D eigenvalue weighted by molar-refractivity contribution is -0.151. The van der Waals surface area contributed by atoms with Gasteiger partial charge in [-0.05, 0) is 29.3 Å². The first-order valence-electron chi connectivity index (χ1n) is 10.1. The standard InChI is InChI=1S/C27H19NO4/c29-24(17-16-20-10-4-1-5-11-20)32-25-23(18-21-12-6-2-7-13-21)26(30)28(27(25)31)19-22-14-8-3-9-15-22/h1-15,18,25H,19H2/b23-18+. The molecule has 0 bridgehead atoms. The molecule has 1 aliphatic heterocycles. The minimum atomic E-state index is -1.34. The highest BCUT2D eigenvalue weighted by molar-refractivity contribution is 6.19. The lowest BCUT2D eigenvalue weighted by Crippen LogP contribution is -2.33. The van der Waals surface area contributed by atoms with Crippen molar-refractivity contribution < 1.29 is 19.1 Å². The van der Waals surface area contributed by atoms with Crippen LogP contribution in [0.5, 0.6) is 0 Å². The van der Waals surface area contributed by atoms with Gasteiger partial charge in [-0.25, -0.2) is 4.79 Å². The fourth-order valence-corrected chi connectivity index (χ4v) is 3.32. The second kappa shape index (κ2) is 9.59. The van der Waals surface area contributed by atoms with Crippen molar-refractivity contribution >= 4 is 23.9 Å². The van der Waals surface area contributed by atoms with Crippen LogP contribution in [-0.4, -0.2) is 28.8 Å². The summed E-state index contributed by atoms with van der Waals surface area (Å²) in [5, 5.41) is 0. The van der Waals surface area contributed by atoms with E-state index >= 15 is 0 Å². The third-order valence-corrected chi connectivity index (χ3v) is 4.88. The van der Waals surface area contributed by atoms with Crippen molar-refractivity contribution in [2.75, 3.05) is 0 Å². The van der Waals surface area contributed by atoms with Crippen molar-refractivity contribution in [3.05, 3.63) is 113 Å². The van der Waals surface area contributed by atoms with E-state index < -0.39 is 23.9 Å². The Balaban J connectivity index is 1.62. The van der Waals surface area contributed by atoms with Gasteiger partial charge in [-0.2, -0.15) is 0 Å². The first kappa shape index (κ1) is 20.8. The maximum atomic E-state index is 13.1. The van der Waals surface area contributed by atoms with Crippen LogP contribution < -0.4 is 0 Å². The number of hydrogen-bond acceptors (Lipinski definition) is 4. The van der Waals surface area contributed by atoms with Crippen LogP contribution in [0.4, 0.5) is 0 Å². The largest absolute Gasteiger partial charge is 0.437 e. The Kier molecular flexibility index (Phi) is 6.24. The molecule has 3 aromatic carbocycles. The van der Waals surface area contributed by atoms with Gasteiger partial charge in [-0.3, -0.25) is 14.5 Å². The van der Waals surface area contributed by atoms with Gasteiger partial charge in [0.2, 0.25) is 6.10 Å². The van der Waals surface area contributed by atoms with E-state index in [1.54, 1.807) is 42.5 Å². The molecule has 1 heterocycles. The van der Waals surface area contributed by atoms with Crippen LogP contribution in [0.3, 0.4) is 0 Å². The lowest BCUT2D eigenvalue weighted by Gasteiger charge is -2.13. The summed E-state index contributed by atoms with van der Waals surface area (Å²) in [7, 11) is 0. The Morgan fingerprint density at radius 3 is 2.12 bits per heavy atom.